The second kappa shape index (κ2) is 9.25. The molecule has 0 saturated carbocycles. The number of hydrogen-bond acceptors (Lipinski definition) is 5. The number of benzene rings is 1. The summed E-state index contributed by atoms with van der Waals surface area (Å²) in [6, 6.07) is 6.43. The first-order valence-electron chi connectivity index (χ1n) is 9.24. The number of hydrogen-bond donors (Lipinski definition) is 0. The van der Waals surface area contributed by atoms with Crippen molar-refractivity contribution in [3.63, 3.8) is 0 Å². The minimum atomic E-state index is -0.410. The van der Waals surface area contributed by atoms with Crippen molar-refractivity contribution < 1.29 is 18.7 Å². The van der Waals surface area contributed by atoms with Gasteiger partial charge in [0.05, 0.1) is 18.2 Å². The van der Waals surface area contributed by atoms with Gasteiger partial charge in [0.15, 0.2) is 0 Å². The summed E-state index contributed by atoms with van der Waals surface area (Å²) in [5.41, 5.74) is 2.36. The predicted molar refractivity (Wildman–Crippen MR) is 104 cm³/mol. The first kappa shape index (κ1) is 20.4. The molecule has 0 radical (unpaired) electrons. The Kier molecular flexibility index (Phi) is 6.74. The number of aromatic nitrogens is 1. The molecule has 2 aromatic rings. The van der Waals surface area contributed by atoms with Crippen molar-refractivity contribution in [1.29, 1.82) is 0 Å². The van der Waals surface area contributed by atoms with Crippen molar-refractivity contribution in [2.24, 2.45) is 5.92 Å². The third-order valence-electron chi connectivity index (χ3n) is 4.48. The average Bonchev–Trinajstić information content (AvgIpc) is 3.14. The normalized spacial score (nSPS) is 17.9. The topological polar surface area (TPSA) is 62.7 Å². The molecule has 3 rings (SSSR count). The van der Waals surface area contributed by atoms with Crippen LogP contribution in [0.5, 0.6) is 0 Å². The summed E-state index contributed by atoms with van der Waals surface area (Å²) >= 11 is 1.33. The molecule has 0 aliphatic carbocycles. The van der Waals surface area contributed by atoms with Gasteiger partial charge in [-0.3, -0.25) is 9.59 Å². The van der Waals surface area contributed by atoms with Gasteiger partial charge in [0, 0.05) is 30.6 Å². The van der Waals surface area contributed by atoms with Gasteiger partial charge in [0.1, 0.15) is 18.1 Å². The predicted octanol–water partition coefficient (Wildman–Crippen LogP) is 2.81. The van der Waals surface area contributed by atoms with Crippen molar-refractivity contribution >= 4 is 23.2 Å². The number of nitrogens with zero attached hydrogens (tertiary/aromatic N) is 3. The number of amides is 2. The zero-order chi connectivity index (χ0) is 20.1. The summed E-state index contributed by atoms with van der Waals surface area (Å²) < 4.78 is 19.9. The van der Waals surface area contributed by atoms with Crippen molar-refractivity contribution in [2.45, 2.75) is 26.6 Å². The molecular formula is C20H24FN3O3S. The number of rotatable bonds is 6. The largest absolute Gasteiger partial charge is 0.370 e. The van der Waals surface area contributed by atoms with Crippen LogP contribution in [0.4, 0.5) is 4.39 Å². The fraction of sp³-hybridized carbons (Fsp3) is 0.450. The van der Waals surface area contributed by atoms with Crippen molar-refractivity contribution in [3.05, 3.63) is 52.2 Å². The highest BCUT2D eigenvalue weighted by Gasteiger charge is 2.32. The van der Waals surface area contributed by atoms with Gasteiger partial charge < -0.3 is 14.5 Å². The quantitative estimate of drug-likeness (QED) is 0.741. The van der Waals surface area contributed by atoms with E-state index in [1.165, 1.54) is 22.3 Å². The molecule has 2 amide bonds. The van der Waals surface area contributed by atoms with E-state index in [1.54, 1.807) is 34.0 Å². The molecule has 0 bridgehead atoms. The van der Waals surface area contributed by atoms with E-state index in [2.05, 4.69) is 4.98 Å². The monoisotopic (exact) mass is 405 g/mol. The number of thiazole rings is 1. The van der Waals surface area contributed by atoms with Crippen LogP contribution in [0.3, 0.4) is 0 Å². The number of ether oxygens (including phenoxy) is 1. The summed E-state index contributed by atoms with van der Waals surface area (Å²) in [5.74, 6) is -0.451. The van der Waals surface area contributed by atoms with Crippen LogP contribution >= 0.6 is 11.3 Å². The summed E-state index contributed by atoms with van der Waals surface area (Å²) in [5, 5.41) is 1.67. The summed E-state index contributed by atoms with van der Waals surface area (Å²) in [7, 11) is 0. The summed E-state index contributed by atoms with van der Waals surface area (Å²) in [4.78, 5) is 32.7. The van der Waals surface area contributed by atoms with Crippen LogP contribution in [-0.4, -0.2) is 58.9 Å². The molecule has 1 fully saturated rings. The Morgan fingerprint density at radius 1 is 1.36 bits per heavy atom. The Bertz CT molecular complexity index is 813. The lowest BCUT2D eigenvalue weighted by Gasteiger charge is -2.26. The van der Waals surface area contributed by atoms with Crippen LogP contribution in [-0.2, 0) is 16.1 Å². The molecule has 1 aromatic heterocycles. The number of halogens is 1. The first-order valence-corrected chi connectivity index (χ1v) is 10.2. The fourth-order valence-electron chi connectivity index (χ4n) is 3.16. The smallest absolute Gasteiger partial charge is 0.273 e. The minimum Gasteiger partial charge on any atom is -0.370 e. The lowest BCUT2D eigenvalue weighted by molar-refractivity contribution is -0.132. The lowest BCUT2D eigenvalue weighted by atomic mass is 10.2. The van der Waals surface area contributed by atoms with Crippen LogP contribution in [0, 0.1) is 11.7 Å². The van der Waals surface area contributed by atoms with E-state index in [0.717, 1.165) is 0 Å². The molecule has 1 aromatic carbocycles. The highest BCUT2D eigenvalue weighted by molar-refractivity contribution is 7.07. The molecule has 0 unspecified atom stereocenters. The molecule has 1 saturated heterocycles. The van der Waals surface area contributed by atoms with E-state index in [1.807, 2.05) is 13.8 Å². The zero-order valence-corrected chi connectivity index (χ0v) is 16.8. The molecule has 150 valence electrons. The fourth-order valence-corrected chi connectivity index (χ4v) is 3.69. The second-order valence-corrected chi connectivity index (χ2v) is 8.00. The SMILES string of the molecule is CC(C)CN1C[C@H](OCc2ccccc2F)CN(C(=O)c2cscn2)CC1=O. The molecule has 1 aliphatic heterocycles. The average molecular weight is 405 g/mol. The Hall–Kier alpha value is -2.32. The van der Waals surface area contributed by atoms with Crippen LogP contribution in [0.15, 0.2) is 35.2 Å². The maximum atomic E-state index is 13.9. The Morgan fingerprint density at radius 3 is 2.82 bits per heavy atom. The van der Waals surface area contributed by atoms with Gasteiger partial charge in [-0.25, -0.2) is 9.37 Å². The van der Waals surface area contributed by atoms with Gasteiger partial charge in [-0.15, -0.1) is 11.3 Å². The van der Waals surface area contributed by atoms with Gasteiger partial charge >= 0.3 is 0 Å². The zero-order valence-electron chi connectivity index (χ0n) is 16.0. The maximum Gasteiger partial charge on any atom is 0.273 e. The third kappa shape index (κ3) is 5.14. The molecule has 8 heteroatoms. The summed E-state index contributed by atoms with van der Waals surface area (Å²) in [6.45, 7) is 5.34. The first-order chi connectivity index (χ1) is 13.4. The molecule has 1 atom stereocenters. The number of carbonyl (C=O) groups excluding carboxylic acids is 2. The molecule has 2 heterocycles. The van der Waals surface area contributed by atoms with E-state index in [0.29, 0.717) is 24.3 Å². The Morgan fingerprint density at radius 2 is 2.14 bits per heavy atom. The van der Waals surface area contributed by atoms with Gasteiger partial charge in [-0.1, -0.05) is 32.0 Å². The van der Waals surface area contributed by atoms with Gasteiger partial charge in [0.2, 0.25) is 5.91 Å². The maximum absolute atomic E-state index is 13.9. The van der Waals surface area contributed by atoms with Crippen LogP contribution in [0.25, 0.3) is 0 Å². The van der Waals surface area contributed by atoms with Gasteiger partial charge in [-0.2, -0.15) is 0 Å². The summed E-state index contributed by atoms with van der Waals surface area (Å²) in [6.07, 6.45) is -0.410. The Balaban J connectivity index is 1.76. The highest BCUT2D eigenvalue weighted by Crippen LogP contribution is 2.16. The Labute approximate surface area is 167 Å². The van der Waals surface area contributed by atoms with Gasteiger partial charge in [-0.05, 0) is 12.0 Å². The van der Waals surface area contributed by atoms with Gasteiger partial charge in [0.25, 0.3) is 5.91 Å². The van der Waals surface area contributed by atoms with Crippen molar-refractivity contribution in [3.8, 4) is 0 Å². The van der Waals surface area contributed by atoms with Crippen molar-refractivity contribution in [1.82, 2.24) is 14.8 Å². The molecular weight excluding hydrogens is 381 g/mol. The van der Waals surface area contributed by atoms with Crippen molar-refractivity contribution in [2.75, 3.05) is 26.2 Å². The minimum absolute atomic E-state index is 0.0113. The third-order valence-corrected chi connectivity index (χ3v) is 5.07. The van der Waals surface area contributed by atoms with E-state index in [4.69, 9.17) is 4.74 Å². The van der Waals surface area contributed by atoms with E-state index in [-0.39, 0.29) is 43.2 Å². The van der Waals surface area contributed by atoms with Crippen LogP contribution in [0.2, 0.25) is 0 Å². The molecule has 0 spiro atoms. The standard InChI is InChI=1S/C20H24FN3O3S/c1-14(2)7-23-8-16(27-11-15-5-3-4-6-17(15)21)9-24(10-19(23)25)20(26)18-12-28-13-22-18/h3-6,12-14,16H,7-11H2,1-2H3/t16-/m0/s1. The van der Waals surface area contributed by atoms with Crippen LogP contribution < -0.4 is 0 Å². The van der Waals surface area contributed by atoms with E-state index >= 15 is 0 Å². The van der Waals surface area contributed by atoms with Crippen LogP contribution in [0.1, 0.15) is 29.9 Å². The second-order valence-electron chi connectivity index (χ2n) is 7.28. The highest BCUT2D eigenvalue weighted by atomic mass is 32.1. The van der Waals surface area contributed by atoms with E-state index in [9.17, 15) is 14.0 Å². The molecule has 1 aliphatic rings. The molecule has 6 nitrogen and oxygen atoms in total. The molecule has 28 heavy (non-hydrogen) atoms. The molecule has 0 N–H and O–H groups in total. The lowest BCUT2D eigenvalue weighted by Crippen LogP contribution is -2.40. The number of carbonyl (C=O) groups is 2. The van der Waals surface area contributed by atoms with E-state index < -0.39 is 6.10 Å².